The fourth-order valence-corrected chi connectivity index (χ4v) is 3.41. The van der Waals surface area contributed by atoms with Crippen molar-refractivity contribution in [2.24, 2.45) is 0 Å². The van der Waals surface area contributed by atoms with Crippen molar-refractivity contribution < 1.29 is 18.7 Å². The average Bonchev–Trinajstić information content (AvgIpc) is 3.01. The second-order valence-electron chi connectivity index (χ2n) is 5.65. The number of amides is 2. The fourth-order valence-electron chi connectivity index (χ4n) is 3.41. The van der Waals surface area contributed by atoms with Gasteiger partial charge in [0.15, 0.2) is 0 Å². The maximum Gasteiger partial charge on any atom is 0.257 e. The van der Waals surface area contributed by atoms with Crippen LogP contribution in [0.4, 0.5) is 0 Å². The smallest absolute Gasteiger partial charge is 0.257 e. The van der Waals surface area contributed by atoms with Gasteiger partial charge < -0.3 is 19.0 Å². The van der Waals surface area contributed by atoms with Crippen molar-refractivity contribution >= 4 is 11.8 Å². The van der Waals surface area contributed by atoms with E-state index in [4.69, 9.17) is 9.15 Å². The second kappa shape index (κ2) is 5.52. The number of carbonyl (C=O) groups excluding carboxylic acids is 2. The quantitative estimate of drug-likeness (QED) is 0.820. The van der Waals surface area contributed by atoms with Crippen LogP contribution >= 0.6 is 0 Å². The molecule has 0 bridgehead atoms. The molecule has 1 aromatic rings. The number of rotatable bonds is 2. The molecule has 2 saturated heterocycles. The molecule has 0 radical (unpaired) electrons. The van der Waals surface area contributed by atoms with Crippen LogP contribution in [0.5, 0.6) is 0 Å². The van der Waals surface area contributed by atoms with Crippen molar-refractivity contribution in [3.63, 3.8) is 0 Å². The summed E-state index contributed by atoms with van der Waals surface area (Å²) in [5, 5.41) is 0. The molecule has 2 aliphatic heterocycles. The van der Waals surface area contributed by atoms with E-state index in [0.29, 0.717) is 31.9 Å². The van der Waals surface area contributed by atoms with E-state index in [0.717, 1.165) is 12.8 Å². The van der Waals surface area contributed by atoms with Crippen molar-refractivity contribution in [3.05, 3.63) is 24.2 Å². The molecule has 0 saturated carbocycles. The van der Waals surface area contributed by atoms with Gasteiger partial charge in [-0.2, -0.15) is 0 Å². The third-order valence-corrected chi connectivity index (χ3v) is 4.48. The highest BCUT2D eigenvalue weighted by Gasteiger charge is 2.46. The summed E-state index contributed by atoms with van der Waals surface area (Å²) in [4.78, 5) is 28.5. The number of ether oxygens (including phenoxy) is 1. The maximum absolute atomic E-state index is 12.5. The van der Waals surface area contributed by atoms with Gasteiger partial charge in [0.05, 0.1) is 17.4 Å². The molecule has 3 heterocycles. The van der Waals surface area contributed by atoms with Gasteiger partial charge in [-0.15, -0.1) is 0 Å². The molecule has 21 heavy (non-hydrogen) atoms. The standard InChI is InChI=1S/C15H20N2O4/c1-2-17-13(18)9-16(14(19)12-3-6-21-10-12)11-15(17)4-7-20-8-5-15/h3,6,10H,2,4-5,7-9,11H2,1H3. The van der Waals surface area contributed by atoms with Crippen molar-refractivity contribution in [1.29, 1.82) is 0 Å². The first kappa shape index (κ1) is 14.1. The highest BCUT2D eigenvalue weighted by molar-refractivity contribution is 5.97. The normalized spacial score (nSPS) is 21.9. The second-order valence-corrected chi connectivity index (χ2v) is 5.65. The van der Waals surface area contributed by atoms with Crippen molar-refractivity contribution in [3.8, 4) is 0 Å². The summed E-state index contributed by atoms with van der Waals surface area (Å²) < 4.78 is 10.4. The summed E-state index contributed by atoms with van der Waals surface area (Å²) in [6.45, 7) is 4.64. The van der Waals surface area contributed by atoms with Crippen molar-refractivity contribution in [1.82, 2.24) is 9.80 Å². The van der Waals surface area contributed by atoms with Crippen LogP contribution in [0.2, 0.25) is 0 Å². The monoisotopic (exact) mass is 292 g/mol. The van der Waals surface area contributed by atoms with Gasteiger partial charge in [-0.05, 0) is 25.8 Å². The molecule has 2 aliphatic rings. The van der Waals surface area contributed by atoms with Crippen LogP contribution in [0.1, 0.15) is 30.1 Å². The number of piperazine rings is 1. The lowest BCUT2D eigenvalue weighted by Crippen LogP contribution is -2.67. The van der Waals surface area contributed by atoms with E-state index < -0.39 is 0 Å². The molecule has 6 heteroatoms. The Balaban J connectivity index is 1.85. The van der Waals surface area contributed by atoms with Gasteiger partial charge >= 0.3 is 0 Å². The molecule has 2 fully saturated rings. The van der Waals surface area contributed by atoms with Crippen molar-refractivity contribution in [2.45, 2.75) is 25.3 Å². The molecule has 0 aliphatic carbocycles. The zero-order valence-corrected chi connectivity index (χ0v) is 12.2. The Morgan fingerprint density at radius 3 is 2.76 bits per heavy atom. The van der Waals surface area contributed by atoms with E-state index in [2.05, 4.69) is 0 Å². The summed E-state index contributed by atoms with van der Waals surface area (Å²) in [5.41, 5.74) is 0.219. The number of carbonyl (C=O) groups is 2. The van der Waals surface area contributed by atoms with Crippen LogP contribution in [0, 0.1) is 0 Å². The number of hydrogen-bond acceptors (Lipinski definition) is 4. The molecule has 1 spiro atoms. The molecular formula is C15H20N2O4. The number of hydrogen-bond donors (Lipinski definition) is 0. The van der Waals surface area contributed by atoms with Gasteiger partial charge in [-0.25, -0.2) is 0 Å². The maximum atomic E-state index is 12.5. The van der Waals surface area contributed by atoms with Crippen LogP contribution in [-0.2, 0) is 9.53 Å². The summed E-state index contributed by atoms with van der Waals surface area (Å²) >= 11 is 0. The number of furan rings is 1. The zero-order valence-electron chi connectivity index (χ0n) is 12.2. The van der Waals surface area contributed by atoms with E-state index in [1.807, 2.05) is 11.8 Å². The summed E-state index contributed by atoms with van der Waals surface area (Å²) in [7, 11) is 0. The third kappa shape index (κ3) is 2.44. The van der Waals surface area contributed by atoms with E-state index in [1.54, 1.807) is 11.0 Å². The van der Waals surface area contributed by atoms with Crippen LogP contribution in [-0.4, -0.2) is 60.0 Å². The number of nitrogens with zero attached hydrogens (tertiary/aromatic N) is 2. The Bertz CT molecular complexity index is 520. The molecule has 114 valence electrons. The van der Waals surface area contributed by atoms with Gasteiger partial charge in [-0.1, -0.05) is 0 Å². The SMILES string of the molecule is CCN1C(=O)CN(C(=O)c2ccoc2)CC12CCOCC2. The van der Waals surface area contributed by atoms with E-state index in [9.17, 15) is 9.59 Å². The van der Waals surface area contributed by atoms with E-state index >= 15 is 0 Å². The topological polar surface area (TPSA) is 63.0 Å². The van der Waals surface area contributed by atoms with Crippen LogP contribution in [0.25, 0.3) is 0 Å². The Hall–Kier alpha value is -1.82. The van der Waals surface area contributed by atoms with Gasteiger partial charge in [0.2, 0.25) is 5.91 Å². The molecular weight excluding hydrogens is 272 g/mol. The lowest BCUT2D eigenvalue weighted by atomic mass is 9.85. The molecule has 3 rings (SSSR count). The lowest BCUT2D eigenvalue weighted by molar-refractivity contribution is -0.150. The number of likely N-dealkylation sites (N-methyl/N-ethyl adjacent to an activating group) is 1. The zero-order chi connectivity index (χ0) is 14.9. The predicted molar refractivity (Wildman–Crippen MR) is 74.8 cm³/mol. The van der Waals surface area contributed by atoms with Gasteiger partial charge in [-0.3, -0.25) is 9.59 Å². The minimum absolute atomic E-state index is 0.0162. The van der Waals surface area contributed by atoms with Gasteiger partial charge in [0.1, 0.15) is 12.8 Å². The molecule has 0 atom stereocenters. The van der Waals surface area contributed by atoms with Crippen LogP contribution in [0.15, 0.2) is 23.0 Å². The molecule has 0 aromatic carbocycles. The molecule has 0 unspecified atom stereocenters. The molecule has 0 N–H and O–H groups in total. The highest BCUT2D eigenvalue weighted by Crippen LogP contribution is 2.32. The largest absolute Gasteiger partial charge is 0.472 e. The first-order chi connectivity index (χ1) is 10.2. The van der Waals surface area contributed by atoms with Gasteiger partial charge in [0, 0.05) is 26.3 Å². The van der Waals surface area contributed by atoms with Crippen LogP contribution in [0.3, 0.4) is 0 Å². The fraction of sp³-hybridized carbons (Fsp3) is 0.600. The Labute approximate surface area is 123 Å². The van der Waals surface area contributed by atoms with E-state index in [1.165, 1.54) is 12.5 Å². The molecule has 6 nitrogen and oxygen atoms in total. The lowest BCUT2D eigenvalue weighted by Gasteiger charge is -2.52. The summed E-state index contributed by atoms with van der Waals surface area (Å²) in [5.74, 6) is -0.124. The first-order valence-electron chi connectivity index (χ1n) is 7.36. The minimum atomic E-state index is -0.276. The van der Waals surface area contributed by atoms with E-state index in [-0.39, 0.29) is 23.9 Å². The Morgan fingerprint density at radius 2 is 2.14 bits per heavy atom. The average molecular weight is 292 g/mol. The predicted octanol–water partition coefficient (Wildman–Crippen LogP) is 1.13. The first-order valence-corrected chi connectivity index (χ1v) is 7.36. The highest BCUT2D eigenvalue weighted by atomic mass is 16.5. The van der Waals surface area contributed by atoms with Gasteiger partial charge in [0.25, 0.3) is 5.91 Å². The Morgan fingerprint density at radius 1 is 1.38 bits per heavy atom. The molecule has 2 amide bonds. The Kier molecular flexibility index (Phi) is 3.71. The summed E-state index contributed by atoms with van der Waals surface area (Å²) in [6, 6.07) is 1.63. The van der Waals surface area contributed by atoms with Crippen molar-refractivity contribution in [2.75, 3.05) is 32.8 Å². The molecule has 1 aromatic heterocycles. The summed E-state index contributed by atoms with van der Waals surface area (Å²) in [6.07, 6.45) is 4.46. The minimum Gasteiger partial charge on any atom is -0.472 e. The van der Waals surface area contributed by atoms with Crippen LogP contribution < -0.4 is 0 Å². The third-order valence-electron chi connectivity index (χ3n) is 4.48.